The highest BCUT2D eigenvalue weighted by Crippen LogP contribution is 2.23. The first kappa shape index (κ1) is 14.5. The number of likely N-dealkylation sites (N-methyl/N-ethyl adjacent to an activating group) is 1. The number of carbonyl (C=O) groups is 3. The lowest BCUT2D eigenvalue weighted by atomic mass is 9.89. The van der Waals surface area contributed by atoms with Gasteiger partial charge in [0.1, 0.15) is 6.54 Å². The minimum Gasteiger partial charge on any atom is -0.480 e. The largest absolute Gasteiger partial charge is 0.480 e. The molecule has 1 saturated carbocycles. The molecular formula is C12H20N2O4. The minimum atomic E-state index is -1.07. The van der Waals surface area contributed by atoms with Crippen molar-refractivity contribution in [1.29, 1.82) is 0 Å². The maximum atomic E-state index is 11.7. The normalized spacial score (nSPS) is 16.1. The van der Waals surface area contributed by atoms with Gasteiger partial charge in [-0.3, -0.25) is 14.4 Å². The first-order chi connectivity index (χ1) is 8.50. The second-order valence-corrected chi connectivity index (χ2v) is 4.70. The summed E-state index contributed by atoms with van der Waals surface area (Å²) in [4.78, 5) is 34.8. The quantitative estimate of drug-likeness (QED) is 0.737. The van der Waals surface area contributed by atoms with Crippen LogP contribution < -0.4 is 5.32 Å². The van der Waals surface area contributed by atoms with Gasteiger partial charge in [0.25, 0.3) is 0 Å². The van der Waals surface area contributed by atoms with E-state index in [1.165, 1.54) is 13.5 Å². The molecule has 1 aliphatic carbocycles. The first-order valence-corrected chi connectivity index (χ1v) is 6.24. The molecule has 6 heteroatoms. The molecule has 0 aromatic heterocycles. The number of rotatable bonds is 5. The number of amides is 2. The van der Waals surface area contributed by atoms with Crippen LogP contribution in [0, 0.1) is 5.92 Å². The molecule has 0 aromatic rings. The average molecular weight is 256 g/mol. The van der Waals surface area contributed by atoms with Crippen LogP contribution in [0.3, 0.4) is 0 Å². The lowest BCUT2D eigenvalue weighted by Crippen LogP contribution is -2.42. The molecule has 6 nitrogen and oxygen atoms in total. The van der Waals surface area contributed by atoms with E-state index in [2.05, 4.69) is 5.32 Å². The van der Waals surface area contributed by atoms with Gasteiger partial charge in [0.2, 0.25) is 11.8 Å². The van der Waals surface area contributed by atoms with Crippen LogP contribution in [0.2, 0.25) is 0 Å². The summed E-state index contributed by atoms with van der Waals surface area (Å²) in [5, 5.41) is 11.1. The summed E-state index contributed by atoms with van der Waals surface area (Å²) in [6.07, 6.45) is 5.05. The van der Waals surface area contributed by atoms with Crippen LogP contribution in [0.1, 0.15) is 32.1 Å². The van der Waals surface area contributed by atoms with E-state index >= 15 is 0 Å². The van der Waals surface area contributed by atoms with E-state index in [1.54, 1.807) is 0 Å². The second-order valence-electron chi connectivity index (χ2n) is 4.70. The van der Waals surface area contributed by atoms with Crippen LogP contribution in [0.25, 0.3) is 0 Å². The van der Waals surface area contributed by atoms with Gasteiger partial charge in [-0.1, -0.05) is 19.3 Å². The molecule has 0 bridgehead atoms. The Hall–Kier alpha value is -1.59. The number of nitrogens with zero attached hydrogens (tertiary/aromatic N) is 1. The topological polar surface area (TPSA) is 86.7 Å². The van der Waals surface area contributed by atoms with Gasteiger partial charge in [0.05, 0.1) is 6.54 Å². The fourth-order valence-electron chi connectivity index (χ4n) is 2.10. The third-order valence-electron chi connectivity index (χ3n) is 3.19. The summed E-state index contributed by atoms with van der Waals surface area (Å²) in [5.41, 5.74) is 0. The van der Waals surface area contributed by atoms with Crippen molar-refractivity contribution in [3.8, 4) is 0 Å². The summed E-state index contributed by atoms with van der Waals surface area (Å²) in [5.74, 6) is -1.53. The Balaban J connectivity index is 2.28. The summed E-state index contributed by atoms with van der Waals surface area (Å²) >= 11 is 0. The van der Waals surface area contributed by atoms with Gasteiger partial charge in [-0.15, -0.1) is 0 Å². The highest BCUT2D eigenvalue weighted by molar-refractivity contribution is 5.87. The van der Waals surface area contributed by atoms with Gasteiger partial charge in [0, 0.05) is 13.0 Å². The van der Waals surface area contributed by atoms with Crippen LogP contribution in [0.5, 0.6) is 0 Å². The Morgan fingerprint density at radius 2 is 1.83 bits per heavy atom. The van der Waals surface area contributed by atoms with E-state index in [1.807, 2.05) is 0 Å². The maximum Gasteiger partial charge on any atom is 0.323 e. The van der Waals surface area contributed by atoms with Crippen molar-refractivity contribution in [2.45, 2.75) is 32.1 Å². The Morgan fingerprint density at radius 3 is 2.39 bits per heavy atom. The second kappa shape index (κ2) is 6.98. The molecule has 2 amide bonds. The highest BCUT2D eigenvalue weighted by atomic mass is 16.4. The smallest absolute Gasteiger partial charge is 0.323 e. The Bertz CT molecular complexity index is 324. The lowest BCUT2D eigenvalue weighted by molar-refractivity contribution is -0.143. The predicted molar refractivity (Wildman–Crippen MR) is 64.9 cm³/mol. The number of carboxylic acid groups (broad SMARTS) is 1. The molecule has 0 aromatic carbocycles. The Morgan fingerprint density at radius 1 is 1.22 bits per heavy atom. The van der Waals surface area contributed by atoms with Crippen molar-refractivity contribution in [2.75, 3.05) is 20.1 Å². The molecule has 0 atom stereocenters. The zero-order chi connectivity index (χ0) is 13.5. The van der Waals surface area contributed by atoms with Gasteiger partial charge in [-0.2, -0.15) is 0 Å². The van der Waals surface area contributed by atoms with Gasteiger partial charge >= 0.3 is 5.97 Å². The molecule has 1 aliphatic rings. The standard InChI is InChI=1S/C12H20N2O4/c1-14(8-11(16)17)10(15)7-13-12(18)9-5-3-2-4-6-9/h9H,2-8H2,1H3,(H,13,18)(H,16,17). The van der Waals surface area contributed by atoms with Crippen molar-refractivity contribution in [3.05, 3.63) is 0 Å². The third kappa shape index (κ3) is 4.73. The van der Waals surface area contributed by atoms with E-state index in [4.69, 9.17) is 5.11 Å². The molecule has 102 valence electrons. The molecule has 0 spiro atoms. The van der Waals surface area contributed by atoms with Crippen molar-refractivity contribution in [3.63, 3.8) is 0 Å². The lowest BCUT2D eigenvalue weighted by Gasteiger charge is -2.21. The fraction of sp³-hybridized carbons (Fsp3) is 0.750. The van der Waals surface area contributed by atoms with Crippen molar-refractivity contribution in [2.24, 2.45) is 5.92 Å². The van der Waals surface area contributed by atoms with Crippen LogP contribution in [-0.2, 0) is 14.4 Å². The van der Waals surface area contributed by atoms with E-state index in [0.29, 0.717) is 0 Å². The molecule has 0 radical (unpaired) electrons. The van der Waals surface area contributed by atoms with Crippen molar-refractivity contribution < 1.29 is 19.5 Å². The molecule has 0 unspecified atom stereocenters. The SMILES string of the molecule is CN(CC(=O)O)C(=O)CNC(=O)C1CCCCC1. The van der Waals surface area contributed by atoms with Gasteiger partial charge < -0.3 is 15.3 Å². The van der Waals surface area contributed by atoms with Crippen LogP contribution in [0.4, 0.5) is 0 Å². The number of carbonyl (C=O) groups excluding carboxylic acids is 2. The van der Waals surface area contributed by atoms with Gasteiger partial charge in [-0.25, -0.2) is 0 Å². The molecule has 2 N–H and O–H groups in total. The number of nitrogens with one attached hydrogen (secondary N) is 1. The van der Waals surface area contributed by atoms with E-state index in [-0.39, 0.29) is 30.8 Å². The van der Waals surface area contributed by atoms with Gasteiger partial charge in [-0.05, 0) is 12.8 Å². The summed E-state index contributed by atoms with van der Waals surface area (Å²) in [6, 6.07) is 0. The van der Waals surface area contributed by atoms with Crippen LogP contribution >= 0.6 is 0 Å². The molecule has 1 rings (SSSR count). The molecule has 0 heterocycles. The third-order valence-corrected chi connectivity index (χ3v) is 3.19. The zero-order valence-corrected chi connectivity index (χ0v) is 10.6. The van der Waals surface area contributed by atoms with E-state index in [9.17, 15) is 14.4 Å². The molecular weight excluding hydrogens is 236 g/mol. The Kier molecular flexibility index (Phi) is 5.61. The summed E-state index contributed by atoms with van der Waals surface area (Å²) in [7, 11) is 1.41. The summed E-state index contributed by atoms with van der Waals surface area (Å²) in [6.45, 7) is -0.475. The average Bonchev–Trinajstić information content (AvgIpc) is 2.35. The molecule has 0 aliphatic heterocycles. The number of hydrogen-bond donors (Lipinski definition) is 2. The number of carboxylic acids is 1. The van der Waals surface area contributed by atoms with E-state index in [0.717, 1.165) is 30.6 Å². The molecule has 0 saturated heterocycles. The highest BCUT2D eigenvalue weighted by Gasteiger charge is 2.22. The Labute approximate surface area is 106 Å². The molecule has 1 fully saturated rings. The number of hydrogen-bond acceptors (Lipinski definition) is 3. The summed E-state index contributed by atoms with van der Waals surface area (Å²) < 4.78 is 0. The van der Waals surface area contributed by atoms with Crippen LogP contribution in [0.15, 0.2) is 0 Å². The number of aliphatic carboxylic acids is 1. The monoisotopic (exact) mass is 256 g/mol. The first-order valence-electron chi connectivity index (χ1n) is 6.24. The maximum absolute atomic E-state index is 11.7. The van der Waals surface area contributed by atoms with Crippen molar-refractivity contribution in [1.82, 2.24) is 10.2 Å². The van der Waals surface area contributed by atoms with E-state index < -0.39 is 5.97 Å². The van der Waals surface area contributed by atoms with Crippen molar-refractivity contribution >= 4 is 17.8 Å². The minimum absolute atomic E-state index is 0.0105. The zero-order valence-electron chi connectivity index (χ0n) is 10.6. The van der Waals surface area contributed by atoms with Crippen LogP contribution in [-0.4, -0.2) is 47.9 Å². The molecule has 18 heavy (non-hydrogen) atoms. The predicted octanol–water partition coefficient (Wildman–Crippen LogP) is 0.226. The fourth-order valence-corrected chi connectivity index (χ4v) is 2.10. The van der Waals surface area contributed by atoms with Gasteiger partial charge in [0.15, 0.2) is 0 Å².